The van der Waals surface area contributed by atoms with E-state index >= 15 is 0 Å². The molecule has 0 unspecified atom stereocenters. The zero-order valence-corrected chi connectivity index (χ0v) is 12.8. The quantitative estimate of drug-likeness (QED) is 0.898. The van der Waals surface area contributed by atoms with Crippen LogP contribution in [0.1, 0.15) is 37.8 Å². The van der Waals surface area contributed by atoms with Gasteiger partial charge in [0, 0.05) is 26.3 Å². The molecule has 1 fully saturated rings. The fourth-order valence-corrected chi connectivity index (χ4v) is 3.89. The van der Waals surface area contributed by atoms with Crippen LogP contribution in [0.5, 0.6) is 0 Å². The van der Waals surface area contributed by atoms with Gasteiger partial charge in [0.15, 0.2) is 0 Å². The molecule has 5 nitrogen and oxygen atoms in total. The molecule has 20 heavy (non-hydrogen) atoms. The highest BCUT2D eigenvalue weighted by molar-refractivity contribution is 7.89. The summed E-state index contributed by atoms with van der Waals surface area (Å²) in [4.78, 5) is 4.31. The van der Waals surface area contributed by atoms with Crippen molar-refractivity contribution >= 4 is 10.0 Å². The first-order valence-electron chi connectivity index (χ1n) is 7.15. The average molecular weight is 297 g/mol. The third kappa shape index (κ3) is 3.56. The lowest BCUT2D eigenvalue weighted by molar-refractivity contribution is 0.300. The second kappa shape index (κ2) is 6.65. The van der Waals surface area contributed by atoms with Crippen molar-refractivity contribution in [2.24, 2.45) is 11.7 Å². The Balaban J connectivity index is 2.07. The van der Waals surface area contributed by atoms with Gasteiger partial charge in [-0.3, -0.25) is 4.98 Å². The van der Waals surface area contributed by atoms with E-state index in [-0.39, 0.29) is 4.90 Å². The summed E-state index contributed by atoms with van der Waals surface area (Å²) in [6.45, 7) is 0.916. The molecule has 0 amide bonds. The normalized spacial score (nSPS) is 17.6. The fourth-order valence-electron chi connectivity index (χ4n) is 2.70. The minimum Gasteiger partial charge on any atom is -0.325 e. The van der Waals surface area contributed by atoms with Crippen LogP contribution in [0, 0.1) is 5.92 Å². The molecule has 1 heterocycles. The summed E-state index contributed by atoms with van der Waals surface area (Å²) < 4.78 is 26.4. The molecule has 0 spiro atoms. The Kier molecular flexibility index (Phi) is 5.12. The Labute approximate surface area is 121 Å². The van der Waals surface area contributed by atoms with Gasteiger partial charge < -0.3 is 5.73 Å². The fraction of sp³-hybridized carbons (Fsp3) is 0.643. The van der Waals surface area contributed by atoms with E-state index in [9.17, 15) is 8.42 Å². The molecule has 1 aromatic heterocycles. The number of sulfonamides is 1. The number of hydrogen-bond acceptors (Lipinski definition) is 4. The highest BCUT2D eigenvalue weighted by atomic mass is 32.2. The number of nitrogens with two attached hydrogens (primary N) is 1. The van der Waals surface area contributed by atoms with Crippen molar-refractivity contribution in [3.05, 3.63) is 24.0 Å². The molecular formula is C14H23N3O2S. The molecule has 0 aromatic carbocycles. The Morgan fingerprint density at radius 3 is 2.55 bits per heavy atom. The molecule has 0 bridgehead atoms. The van der Waals surface area contributed by atoms with Crippen LogP contribution in [0.4, 0.5) is 0 Å². The standard InChI is InChI=1S/C14H23N3O2S/c1-17(11-12-5-3-2-4-6-12)20(18,19)14-8-7-13(9-15)16-10-14/h7-8,10,12H,2-6,9,11,15H2,1H3. The molecule has 1 aliphatic rings. The van der Waals surface area contributed by atoms with Crippen LogP contribution in [0.15, 0.2) is 23.2 Å². The maximum Gasteiger partial charge on any atom is 0.244 e. The second-order valence-electron chi connectivity index (χ2n) is 5.48. The summed E-state index contributed by atoms with van der Waals surface area (Å²) in [5.41, 5.74) is 6.16. The lowest BCUT2D eigenvalue weighted by Gasteiger charge is -2.26. The van der Waals surface area contributed by atoms with Crippen LogP contribution in [-0.4, -0.2) is 31.3 Å². The summed E-state index contributed by atoms with van der Waals surface area (Å²) in [6, 6.07) is 3.25. The maximum atomic E-state index is 12.5. The molecular weight excluding hydrogens is 274 g/mol. The molecule has 112 valence electrons. The summed E-state index contributed by atoms with van der Waals surface area (Å²) in [5, 5.41) is 0. The SMILES string of the molecule is CN(CC1CCCCC1)S(=O)(=O)c1ccc(CN)nc1. The Morgan fingerprint density at radius 2 is 2.00 bits per heavy atom. The van der Waals surface area contributed by atoms with Crippen LogP contribution in [0.25, 0.3) is 0 Å². The smallest absolute Gasteiger partial charge is 0.244 e. The van der Waals surface area contributed by atoms with E-state index in [0.717, 1.165) is 12.8 Å². The summed E-state index contributed by atoms with van der Waals surface area (Å²) in [5.74, 6) is 0.486. The summed E-state index contributed by atoms with van der Waals surface area (Å²) in [6.07, 6.45) is 7.36. The third-order valence-electron chi connectivity index (χ3n) is 3.95. The molecule has 0 saturated heterocycles. The molecule has 2 rings (SSSR count). The number of pyridine rings is 1. The minimum atomic E-state index is -3.43. The topological polar surface area (TPSA) is 76.3 Å². The largest absolute Gasteiger partial charge is 0.325 e. The number of nitrogens with zero attached hydrogens (tertiary/aromatic N) is 2. The van der Waals surface area contributed by atoms with Gasteiger partial charge in [-0.1, -0.05) is 19.3 Å². The highest BCUT2D eigenvalue weighted by Gasteiger charge is 2.24. The first-order chi connectivity index (χ1) is 9.54. The van der Waals surface area contributed by atoms with E-state index in [1.165, 1.54) is 29.8 Å². The van der Waals surface area contributed by atoms with Gasteiger partial charge >= 0.3 is 0 Å². The van der Waals surface area contributed by atoms with E-state index in [0.29, 0.717) is 24.7 Å². The number of hydrogen-bond donors (Lipinski definition) is 1. The molecule has 0 radical (unpaired) electrons. The van der Waals surface area contributed by atoms with Crippen molar-refractivity contribution in [1.29, 1.82) is 0 Å². The molecule has 2 N–H and O–H groups in total. The van der Waals surface area contributed by atoms with Crippen molar-refractivity contribution in [3.8, 4) is 0 Å². The van der Waals surface area contributed by atoms with E-state index in [1.807, 2.05) is 0 Å². The molecule has 0 aliphatic heterocycles. The lowest BCUT2D eigenvalue weighted by Crippen LogP contribution is -2.32. The second-order valence-corrected chi connectivity index (χ2v) is 7.52. The van der Waals surface area contributed by atoms with Crippen molar-refractivity contribution in [3.63, 3.8) is 0 Å². The predicted molar refractivity (Wildman–Crippen MR) is 78.5 cm³/mol. The van der Waals surface area contributed by atoms with Gasteiger partial charge in [0.1, 0.15) is 4.90 Å². The Bertz CT molecular complexity index is 522. The first-order valence-corrected chi connectivity index (χ1v) is 8.59. The van der Waals surface area contributed by atoms with Crippen LogP contribution in [0.2, 0.25) is 0 Å². The van der Waals surface area contributed by atoms with Crippen molar-refractivity contribution < 1.29 is 8.42 Å². The molecule has 1 aliphatic carbocycles. The molecule has 1 saturated carbocycles. The van der Waals surface area contributed by atoms with Gasteiger partial charge in [-0.15, -0.1) is 0 Å². The van der Waals surface area contributed by atoms with Crippen molar-refractivity contribution in [1.82, 2.24) is 9.29 Å². The first kappa shape index (κ1) is 15.4. The van der Waals surface area contributed by atoms with E-state index in [1.54, 1.807) is 19.2 Å². The van der Waals surface area contributed by atoms with Gasteiger partial charge in [0.05, 0.1) is 5.69 Å². The van der Waals surface area contributed by atoms with E-state index in [2.05, 4.69) is 4.98 Å². The van der Waals surface area contributed by atoms with Crippen LogP contribution < -0.4 is 5.73 Å². The van der Waals surface area contributed by atoms with Gasteiger partial charge in [0.2, 0.25) is 10.0 Å². The monoisotopic (exact) mass is 297 g/mol. The van der Waals surface area contributed by atoms with Crippen LogP contribution in [0.3, 0.4) is 0 Å². The van der Waals surface area contributed by atoms with Gasteiger partial charge in [0.25, 0.3) is 0 Å². The number of rotatable bonds is 5. The van der Waals surface area contributed by atoms with Crippen LogP contribution in [-0.2, 0) is 16.6 Å². The molecule has 1 aromatic rings. The average Bonchev–Trinajstić information content (AvgIpc) is 2.48. The van der Waals surface area contributed by atoms with Gasteiger partial charge in [-0.05, 0) is 30.9 Å². The van der Waals surface area contributed by atoms with Crippen molar-refractivity contribution in [2.45, 2.75) is 43.5 Å². The number of aromatic nitrogens is 1. The zero-order chi connectivity index (χ0) is 14.6. The Morgan fingerprint density at radius 1 is 1.30 bits per heavy atom. The highest BCUT2D eigenvalue weighted by Crippen LogP contribution is 2.25. The van der Waals surface area contributed by atoms with E-state index < -0.39 is 10.0 Å². The van der Waals surface area contributed by atoms with Gasteiger partial charge in [-0.25, -0.2) is 12.7 Å². The van der Waals surface area contributed by atoms with Gasteiger partial charge in [-0.2, -0.15) is 0 Å². The van der Waals surface area contributed by atoms with Crippen molar-refractivity contribution in [2.75, 3.05) is 13.6 Å². The molecule has 0 atom stereocenters. The van der Waals surface area contributed by atoms with E-state index in [4.69, 9.17) is 5.73 Å². The summed E-state index contributed by atoms with van der Waals surface area (Å²) >= 11 is 0. The Hall–Kier alpha value is -0.980. The third-order valence-corrected chi connectivity index (χ3v) is 5.76. The molecule has 6 heteroatoms. The summed E-state index contributed by atoms with van der Waals surface area (Å²) in [7, 11) is -1.78. The van der Waals surface area contributed by atoms with Crippen LogP contribution >= 0.6 is 0 Å². The predicted octanol–water partition coefficient (Wildman–Crippen LogP) is 1.74. The zero-order valence-electron chi connectivity index (χ0n) is 12.0. The maximum absolute atomic E-state index is 12.5. The minimum absolute atomic E-state index is 0.244. The lowest BCUT2D eigenvalue weighted by atomic mass is 9.89.